The Morgan fingerprint density at radius 3 is 2.52 bits per heavy atom. The number of amides is 1. The van der Waals surface area contributed by atoms with Crippen LogP contribution in [0.15, 0.2) is 22.7 Å². The van der Waals surface area contributed by atoms with Gasteiger partial charge < -0.3 is 14.5 Å². The maximum absolute atomic E-state index is 12.2. The summed E-state index contributed by atoms with van der Waals surface area (Å²) in [7, 11) is 0. The third-order valence-corrected chi connectivity index (χ3v) is 5.98. The first-order valence-corrected chi connectivity index (χ1v) is 10.9. The number of benzene rings is 1. The molecule has 1 heterocycles. The minimum Gasteiger partial charge on any atom is -0.444 e. The van der Waals surface area contributed by atoms with Gasteiger partial charge in [-0.3, -0.25) is 10.1 Å². The molecule has 1 amide bonds. The van der Waals surface area contributed by atoms with Gasteiger partial charge in [-0.2, -0.15) is 0 Å². The number of carbonyl (C=O) groups is 1. The summed E-state index contributed by atoms with van der Waals surface area (Å²) in [6.07, 6.45) is 1.62. The molecule has 1 aromatic rings. The summed E-state index contributed by atoms with van der Waals surface area (Å²) >= 11 is 3.34. The van der Waals surface area contributed by atoms with Gasteiger partial charge in [0.15, 0.2) is 0 Å². The number of hydrogen-bond donors (Lipinski definition) is 0. The van der Waals surface area contributed by atoms with Gasteiger partial charge in [-0.1, -0.05) is 29.8 Å². The van der Waals surface area contributed by atoms with Gasteiger partial charge in [-0.15, -0.1) is 0 Å². The van der Waals surface area contributed by atoms with Gasteiger partial charge in [0.1, 0.15) is 11.3 Å². The van der Waals surface area contributed by atoms with Crippen molar-refractivity contribution in [3.8, 4) is 0 Å². The first kappa shape index (κ1) is 21.9. The highest BCUT2D eigenvalue weighted by atomic mass is 79.9. The van der Waals surface area contributed by atoms with Crippen molar-refractivity contribution in [2.75, 3.05) is 24.5 Å². The highest BCUT2D eigenvalue weighted by molar-refractivity contribution is 9.10. The largest absolute Gasteiger partial charge is 0.444 e. The molecule has 0 N–H and O–H groups in total. The SMILES string of the molecule is CC(C)CN(c1ccc(Br)cc1[N+](=O)[O-])C1CC2(C1)CN(C(=O)OC(C)(C)C)C2. The van der Waals surface area contributed by atoms with Crippen molar-refractivity contribution in [3.05, 3.63) is 32.8 Å². The molecular weight excluding hydrogens is 438 g/mol. The number of likely N-dealkylation sites (tertiary alicyclic amines) is 1. The van der Waals surface area contributed by atoms with E-state index in [1.54, 1.807) is 11.0 Å². The highest BCUT2D eigenvalue weighted by Gasteiger charge is 2.56. The van der Waals surface area contributed by atoms with E-state index in [0.29, 0.717) is 29.2 Å². The number of nitrogens with zero attached hydrogens (tertiary/aromatic N) is 3. The average Bonchev–Trinajstić information content (AvgIpc) is 2.48. The number of rotatable bonds is 5. The maximum Gasteiger partial charge on any atom is 0.410 e. The van der Waals surface area contributed by atoms with Crippen LogP contribution < -0.4 is 4.90 Å². The third-order valence-electron chi connectivity index (χ3n) is 5.49. The molecule has 1 aromatic carbocycles. The lowest BCUT2D eigenvalue weighted by molar-refractivity contribution is -0.384. The summed E-state index contributed by atoms with van der Waals surface area (Å²) in [5.41, 5.74) is 0.442. The summed E-state index contributed by atoms with van der Waals surface area (Å²) in [5, 5.41) is 11.6. The molecule has 7 nitrogen and oxygen atoms in total. The number of nitro groups is 1. The quantitative estimate of drug-likeness (QED) is 0.438. The molecule has 1 spiro atoms. The smallest absolute Gasteiger partial charge is 0.410 e. The van der Waals surface area contributed by atoms with Gasteiger partial charge in [0, 0.05) is 41.6 Å². The zero-order valence-corrected chi connectivity index (χ0v) is 19.4. The standard InChI is InChI=1S/C21H30BrN3O4/c1-14(2)11-24(17-7-6-15(22)8-18(17)25(27)28)16-9-21(10-16)12-23(13-21)19(26)29-20(3,4)5/h6-8,14,16H,9-13H2,1-5H3. The maximum atomic E-state index is 12.2. The Morgan fingerprint density at radius 1 is 1.38 bits per heavy atom. The van der Waals surface area contributed by atoms with Gasteiger partial charge in [-0.05, 0) is 51.7 Å². The van der Waals surface area contributed by atoms with Gasteiger partial charge in [-0.25, -0.2) is 4.79 Å². The summed E-state index contributed by atoms with van der Waals surface area (Å²) in [4.78, 5) is 27.5. The lowest BCUT2D eigenvalue weighted by atomic mass is 9.60. The number of ether oxygens (including phenoxy) is 1. The first-order valence-electron chi connectivity index (χ1n) is 10.1. The molecule has 1 aliphatic carbocycles. The fraction of sp³-hybridized carbons (Fsp3) is 0.667. The summed E-state index contributed by atoms with van der Waals surface area (Å²) in [5.74, 6) is 0.384. The minimum absolute atomic E-state index is 0.126. The lowest BCUT2D eigenvalue weighted by Gasteiger charge is -2.61. The van der Waals surface area contributed by atoms with Gasteiger partial charge in [0.2, 0.25) is 0 Å². The molecule has 0 aromatic heterocycles. The van der Waals surface area contributed by atoms with Crippen molar-refractivity contribution in [2.45, 2.75) is 59.1 Å². The van der Waals surface area contributed by atoms with Crippen molar-refractivity contribution in [1.82, 2.24) is 4.90 Å². The van der Waals surface area contributed by atoms with Crippen molar-refractivity contribution < 1.29 is 14.5 Å². The molecule has 2 fully saturated rings. The highest BCUT2D eigenvalue weighted by Crippen LogP contribution is 2.52. The molecule has 0 unspecified atom stereocenters. The average molecular weight is 468 g/mol. The number of carbonyl (C=O) groups excluding carboxylic acids is 1. The molecule has 8 heteroatoms. The van der Waals surface area contributed by atoms with E-state index in [0.717, 1.165) is 19.4 Å². The van der Waals surface area contributed by atoms with E-state index < -0.39 is 5.60 Å². The monoisotopic (exact) mass is 467 g/mol. The van der Waals surface area contributed by atoms with Crippen LogP contribution in [-0.4, -0.2) is 47.2 Å². The molecule has 0 bridgehead atoms. The fourth-order valence-electron chi connectivity index (χ4n) is 4.36. The predicted molar refractivity (Wildman–Crippen MR) is 116 cm³/mol. The molecule has 0 atom stereocenters. The number of anilines is 1. The second-order valence-corrected chi connectivity index (χ2v) is 10.8. The van der Waals surface area contributed by atoms with Crippen LogP contribution in [0.3, 0.4) is 0 Å². The number of hydrogen-bond acceptors (Lipinski definition) is 5. The molecule has 3 rings (SSSR count). The van der Waals surface area contributed by atoms with Crippen LogP contribution >= 0.6 is 15.9 Å². The van der Waals surface area contributed by atoms with Crippen molar-refractivity contribution >= 4 is 33.4 Å². The van der Waals surface area contributed by atoms with Crippen LogP contribution in [0.4, 0.5) is 16.2 Å². The van der Waals surface area contributed by atoms with E-state index in [1.807, 2.05) is 32.9 Å². The number of nitro benzene ring substituents is 1. The Kier molecular flexibility index (Phi) is 5.87. The van der Waals surface area contributed by atoms with Crippen molar-refractivity contribution in [3.63, 3.8) is 0 Å². The van der Waals surface area contributed by atoms with E-state index in [-0.39, 0.29) is 28.2 Å². The zero-order chi connectivity index (χ0) is 21.6. The van der Waals surface area contributed by atoms with Crippen molar-refractivity contribution in [2.24, 2.45) is 11.3 Å². The van der Waals surface area contributed by atoms with Crippen LogP contribution in [0.1, 0.15) is 47.5 Å². The molecular formula is C21H30BrN3O4. The Morgan fingerprint density at radius 2 is 2.00 bits per heavy atom. The van der Waals surface area contributed by atoms with Crippen LogP contribution in [0.2, 0.25) is 0 Å². The normalized spacial score (nSPS) is 18.4. The minimum atomic E-state index is -0.490. The summed E-state index contributed by atoms with van der Waals surface area (Å²) < 4.78 is 6.15. The van der Waals surface area contributed by atoms with E-state index in [1.165, 1.54) is 0 Å². The van der Waals surface area contributed by atoms with Gasteiger partial charge in [0.25, 0.3) is 5.69 Å². The third kappa shape index (κ3) is 4.85. The fourth-order valence-corrected chi connectivity index (χ4v) is 4.71. The second kappa shape index (κ2) is 7.78. The summed E-state index contributed by atoms with van der Waals surface area (Å²) in [6.45, 7) is 12.0. The van der Waals surface area contributed by atoms with Crippen molar-refractivity contribution in [1.29, 1.82) is 0 Å². The van der Waals surface area contributed by atoms with E-state index in [9.17, 15) is 14.9 Å². The molecule has 1 saturated heterocycles. The Hall–Kier alpha value is -1.83. The first-order chi connectivity index (χ1) is 13.4. The molecule has 1 saturated carbocycles. The van der Waals surface area contributed by atoms with E-state index in [4.69, 9.17) is 4.74 Å². The Bertz CT molecular complexity index is 792. The molecule has 1 aliphatic heterocycles. The van der Waals surface area contributed by atoms with Crippen LogP contribution in [-0.2, 0) is 4.74 Å². The lowest BCUT2D eigenvalue weighted by Crippen LogP contribution is -2.68. The van der Waals surface area contributed by atoms with Crippen LogP contribution in [0.5, 0.6) is 0 Å². The topological polar surface area (TPSA) is 75.9 Å². The second-order valence-electron chi connectivity index (χ2n) is 9.83. The molecule has 160 valence electrons. The Labute approximate surface area is 180 Å². The molecule has 0 radical (unpaired) electrons. The zero-order valence-electron chi connectivity index (χ0n) is 17.8. The molecule has 2 aliphatic rings. The number of halogens is 1. The van der Waals surface area contributed by atoms with Crippen LogP contribution in [0, 0.1) is 21.4 Å². The van der Waals surface area contributed by atoms with Gasteiger partial charge in [0.05, 0.1) is 4.92 Å². The van der Waals surface area contributed by atoms with E-state index >= 15 is 0 Å². The van der Waals surface area contributed by atoms with Gasteiger partial charge >= 0.3 is 6.09 Å². The summed E-state index contributed by atoms with van der Waals surface area (Å²) in [6, 6.07) is 5.52. The molecule has 29 heavy (non-hydrogen) atoms. The van der Waals surface area contributed by atoms with E-state index in [2.05, 4.69) is 34.7 Å². The van der Waals surface area contributed by atoms with Crippen LogP contribution in [0.25, 0.3) is 0 Å². The predicted octanol–water partition coefficient (Wildman–Crippen LogP) is 5.22. The Balaban J connectivity index is 1.69.